The zero-order chi connectivity index (χ0) is 13.8. The number of anilines is 2. The molecule has 0 saturated heterocycles. The minimum absolute atomic E-state index is 0.918. The second-order valence-electron chi connectivity index (χ2n) is 5.33. The lowest BCUT2D eigenvalue weighted by atomic mass is 10.0. The molecular weight excluding hydrogens is 246 g/mol. The normalized spacial score (nSPS) is 12.1. The Morgan fingerprint density at radius 2 is 1.75 bits per heavy atom. The smallest absolute Gasteiger partial charge is 0.154 e. The molecule has 1 N–H and O–H groups in total. The quantitative estimate of drug-likeness (QED) is 0.602. The van der Waals surface area contributed by atoms with Gasteiger partial charge in [-0.1, -0.05) is 50.5 Å². The molecular formula is C18H21NO. The van der Waals surface area contributed by atoms with Gasteiger partial charge in [-0.25, -0.2) is 0 Å². The molecule has 2 aromatic rings. The van der Waals surface area contributed by atoms with Gasteiger partial charge in [-0.3, -0.25) is 0 Å². The van der Waals surface area contributed by atoms with Crippen LogP contribution < -0.4 is 10.1 Å². The molecule has 1 aliphatic heterocycles. The van der Waals surface area contributed by atoms with E-state index in [0.717, 1.165) is 29.3 Å². The summed E-state index contributed by atoms with van der Waals surface area (Å²) in [4.78, 5) is 0. The number of benzene rings is 2. The van der Waals surface area contributed by atoms with E-state index in [9.17, 15) is 0 Å². The van der Waals surface area contributed by atoms with Gasteiger partial charge in [-0.2, -0.15) is 0 Å². The van der Waals surface area contributed by atoms with E-state index in [1.807, 2.05) is 24.3 Å². The van der Waals surface area contributed by atoms with Crippen LogP contribution in [0.25, 0.3) is 0 Å². The van der Waals surface area contributed by atoms with E-state index >= 15 is 0 Å². The molecule has 0 aliphatic carbocycles. The highest BCUT2D eigenvalue weighted by Gasteiger charge is 2.18. The lowest BCUT2D eigenvalue weighted by Gasteiger charge is -2.23. The van der Waals surface area contributed by atoms with Gasteiger partial charge < -0.3 is 10.1 Å². The van der Waals surface area contributed by atoms with Crippen molar-refractivity contribution < 1.29 is 4.74 Å². The molecule has 0 saturated carbocycles. The molecule has 0 aromatic heterocycles. The maximum atomic E-state index is 6.10. The Hall–Kier alpha value is -1.96. The zero-order valence-electron chi connectivity index (χ0n) is 12.0. The van der Waals surface area contributed by atoms with Crippen LogP contribution in [-0.4, -0.2) is 0 Å². The van der Waals surface area contributed by atoms with Crippen molar-refractivity contribution in [2.24, 2.45) is 0 Å². The molecule has 0 spiro atoms. The summed E-state index contributed by atoms with van der Waals surface area (Å²) in [5.74, 6) is 1.92. The molecule has 0 bridgehead atoms. The minimum atomic E-state index is 0.918. The fourth-order valence-electron chi connectivity index (χ4n) is 2.66. The SMILES string of the molecule is CCCCCCc1cccc2c1Oc1ccccc1N2. The molecule has 2 nitrogen and oxygen atoms in total. The summed E-state index contributed by atoms with van der Waals surface area (Å²) in [6, 6.07) is 14.5. The summed E-state index contributed by atoms with van der Waals surface area (Å²) < 4.78 is 6.10. The summed E-state index contributed by atoms with van der Waals surface area (Å²) in [6.45, 7) is 2.24. The molecule has 104 valence electrons. The van der Waals surface area contributed by atoms with Crippen molar-refractivity contribution in [1.29, 1.82) is 0 Å². The van der Waals surface area contributed by atoms with Crippen LogP contribution >= 0.6 is 0 Å². The Morgan fingerprint density at radius 3 is 2.65 bits per heavy atom. The summed E-state index contributed by atoms with van der Waals surface area (Å²) >= 11 is 0. The standard InChI is InChI=1S/C18H21NO/c1-2-3-4-5-9-14-10-8-12-16-18(14)20-17-13-7-6-11-15(17)19-16/h6-8,10-13,19H,2-5,9H2,1H3. The van der Waals surface area contributed by atoms with Gasteiger partial charge in [0.2, 0.25) is 0 Å². The van der Waals surface area contributed by atoms with Gasteiger partial charge in [0, 0.05) is 0 Å². The van der Waals surface area contributed by atoms with Crippen molar-refractivity contribution >= 4 is 11.4 Å². The molecule has 0 amide bonds. The average molecular weight is 267 g/mol. The largest absolute Gasteiger partial charge is 0.453 e. The Kier molecular flexibility index (Phi) is 3.91. The van der Waals surface area contributed by atoms with Gasteiger partial charge >= 0.3 is 0 Å². The van der Waals surface area contributed by atoms with E-state index in [1.165, 1.54) is 31.2 Å². The van der Waals surface area contributed by atoms with E-state index in [0.29, 0.717) is 0 Å². The van der Waals surface area contributed by atoms with Gasteiger partial charge in [0.1, 0.15) is 0 Å². The van der Waals surface area contributed by atoms with Gasteiger partial charge in [0.15, 0.2) is 11.5 Å². The van der Waals surface area contributed by atoms with E-state index < -0.39 is 0 Å². The first kappa shape index (κ1) is 13.0. The summed E-state index contributed by atoms with van der Waals surface area (Å²) in [5.41, 5.74) is 3.43. The molecule has 1 heterocycles. The first-order chi connectivity index (χ1) is 9.88. The molecule has 1 aliphatic rings. The van der Waals surface area contributed by atoms with Crippen LogP contribution in [0.1, 0.15) is 38.2 Å². The number of fused-ring (bicyclic) bond motifs is 2. The predicted molar refractivity (Wildman–Crippen MR) is 84.1 cm³/mol. The molecule has 0 fully saturated rings. The number of ether oxygens (including phenoxy) is 1. The Morgan fingerprint density at radius 1 is 0.900 bits per heavy atom. The number of aryl methyl sites for hydroxylation is 1. The topological polar surface area (TPSA) is 21.3 Å². The van der Waals surface area contributed by atoms with Crippen molar-refractivity contribution in [1.82, 2.24) is 0 Å². The van der Waals surface area contributed by atoms with Gasteiger partial charge in [0.25, 0.3) is 0 Å². The minimum Gasteiger partial charge on any atom is -0.453 e. The lowest BCUT2D eigenvalue weighted by Crippen LogP contribution is -2.05. The van der Waals surface area contributed by atoms with Crippen LogP contribution in [0.2, 0.25) is 0 Å². The second-order valence-corrected chi connectivity index (χ2v) is 5.33. The maximum absolute atomic E-state index is 6.10. The second kappa shape index (κ2) is 6.00. The predicted octanol–water partition coefficient (Wildman–Crippen LogP) is 5.66. The van der Waals surface area contributed by atoms with Crippen molar-refractivity contribution in [2.75, 3.05) is 5.32 Å². The highest BCUT2D eigenvalue weighted by Crippen LogP contribution is 2.43. The van der Waals surface area contributed by atoms with Gasteiger partial charge in [-0.05, 0) is 36.6 Å². The molecule has 2 aromatic carbocycles. The molecule has 0 unspecified atom stereocenters. The molecule has 2 heteroatoms. The van der Waals surface area contributed by atoms with Crippen molar-refractivity contribution in [2.45, 2.75) is 39.0 Å². The maximum Gasteiger partial charge on any atom is 0.154 e. The summed E-state index contributed by atoms with van der Waals surface area (Å²) in [7, 11) is 0. The first-order valence-electron chi connectivity index (χ1n) is 7.54. The van der Waals surface area contributed by atoms with Crippen molar-refractivity contribution in [3.63, 3.8) is 0 Å². The number of unbranched alkanes of at least 4 members (excludes halogenated alkanes) is 3. The van der Waals surface area contributed by atoms with E-state index in [1.54, 1.807) is 0 Å². The third kappa shape index (κ3) is 2.64. The van der Waals surface area contributed by atoms with Crippen LogP contribution in [0.4, 0.5) is 11.4 Å². The zero-order valence-corrected chi connectivity index (χ0v) is 12.0. The van der Waals surface area contributed by atoms with E-state index in [2.05, 4.69) is 30.4 Å². The Balaban J connectivity index is 1.79. The van der Waals surface area contributed by atoms with Crippen molar-refractivity contribution in [3.05, 3.63) is 48.0 Å². The molecule has 3 rings (SSSR count). The highest BCUT2D eigenvalue weighted by molar-refractivity contribution is 5.76. The van der Waals surface area contributed by atoms with Crippen LogP contribution in [-0.2, 0) is 6.42 Å². The van der Waals surface area contributed by atoms with E-state index in [4.69, 9.17) is 4.74 Å². The van der Waals surface area contributed by atoms with Crippen LogP contribution in [0.5, 0.6) is 11.5 Å². The van der Waals surface area contributed by atoms with Gasteiger partial charge in [0.05, 0.1) is 11.4 Å². The Labute approximate surface area is 120 Å². The number of hydrogen-bond acceptors (Lipinski definition) is 2. The van der Waals surface area contributed by atoms with Crippen LogP contribution in [0.3, 0.4) is 0 Å². The number of nitrogens with one attached hydrogen (secondary N) is 1. The number of rotatable bonds is 5. The molecule has 20 heavy (non-hydrogen) atoms. The molecule has 0 atom stereocenters. The number of para-hydroxylation sites is 3. The number of hydrogen-bond donors (Lipinski definition) is 1. The van der Waals surface area contributed by atoms with Gasteiger partial charge in [-0.15, -0.1) is 0 Å². The van der Waals surface area contributed by atoms with E-state index in [-0.39, 0.29) is 0 Å². The third-order valence-corrected chi connectivity index (χ3v) is 3.76. The Bertz CT molecular complexity index is 592. The monoisotopic (exact) mass is 267 g/mol. The molecule has 0 radical (unpaired) electrons. The van der Waals surface area contributed by atoms with Crippen LogP contribution in [0.15, 0.2) is 42.5 Å². The lowest BCUT2D eigenvalue weighted by molar-refractivity contribution is 0.473. The summed E-state index contributed by atoms with van der Waals surface area (Å²) in [6.07, 6.45) is 6.21. The average Bonchev–Trinajstić information content (AvgIpc) is 2.50. The fourth-order valence-corrected chi connectivity index (χ4v) is 2.66. The first-order valence-corrected chi connectivity index (χ1v) is 7.54. The fraction of sp³-hybridized carbons (Fsp3) is 0.333. The van der Waals surface area contributed by atoms with Crippen molar-refractivity contribution in [3.8, 4) is 11.5 Å². The highest BCUT2D eigenvalue weighted by atomic mass is 16.5. The third-order valence-electron chi connectivity index (χ3n) is 3.76. The van der Waals surface area contributed by atoms with Crippen LogP contribution in [0, 0.1) is 0 Å². The summed E-state index contributed by atoms with van der Waals surface area (Å²) in [5, 5.41) is 3.46.